The Balaban J connectivity index is 2.12. The number of amides is 4. The van der Waals surface area contributed by atoms with Crippen molar-refractivity contribution in [3.8, 4) is 0 Å². The Morgan fingerprint density at radius 2 is 1.81 bits per heavy atom. The molecule has 1 saturated heterocycles. The fourth-order valence-corrected chi connectivity index (χ4v) is 3.21. The Bertz CT molecular complexity index is 684. The number of benzene rings is 1. The molecule has 0 aromatic heterocycles. The van der Waals surface area contributed by atoms with Crippen molar-refractivity contribution in [2.45, 2.75) is 65.0 Å². The van der Waals surface area contributed by atoms with Gasteiger partial charge in [-0.3, -0.25) is 14.5 Å². The van der Waals surface area contributed by atoms with Crippen molar-refractivity contribution < 1.29 is 14.4 Å². The number of rotatable bonds is 7. The van der Waals surface area contributed by atoms with Gasteiger partial charge >= 0.3 is 6.03 Å². The summed E-state index contributed by atoms with van der Waals surface area (Å²) in [5.74, 6) is -0.344. The number of carbonyl (C=O) groups is 3. The molecule has 0 radical (unpaired) electrons. The first-order valence-corrected chi connectivity index (χ1v) is 9.23. The first-order chi connectivity index (χ1) is 12.2. The summed E-state index contributed by atoms with van der Waals surface area (Å²) in [5.41, 5.74) is 0.722. The maximum Gasteiger partial charge on any atom is 0.325 e. The minimum absolute atomic E-state index is 0.0169. The van der Waals surface area contributed by atoms with Gasteiger partial charge in [0, 0.05) is 6.04 Å². The highest BCUT2D eigenvalue weighted by molar-refractivity contribution is 6.09. The van der Waals surface area contributed by atoms with Gasteiger partial charge in [-0.15, -0.1) is 0 Å². The predicted molar refractivity (Wildman–Crippen MR) is 101 cm³/mol. The van der Waals surface area contributed by atoms with Crippen LogP contribution in [0.4, 0.5) is 4.79 Å². The van der Waals surface area contributed by atoms with E-state index in [1.807, 2.05) is 38.1 Å². The molecule has 1 heterocycles. The SMILES string of the molecule is CCC[C@H](C)NC(=O)CN1C(=O)N[C@](C)(c2ccc(C(C)C)cc2)C1=O. The number of imide groups is 1. The third kappa shape index (κ3) is 4.06. The fraction of sp³-hybridized carbons (Fsp3) is 0.550. The van der Waals surface area contributed by atoms with Crippen molar-refractivity contribution in [1.82, 2.24) is 15.5 Å². The zero-order valence-corrected chi connectivity index (χ0v) is 16.3. The lowest BCUT2D eigenvalue weighted by Crippen LogP contribution is -2.44. The van der Waals surface area contributed by atoms with Gasteiger partial charge in [0.15, 0.2) is 0 Å². The Morgan fingerprint density at radius 1 is 1.19 bits per heavy atom. The molecule has 1 aromatic carbocycles. The first kappa shape index (κ1) is 19.9. The van der Waals surface area contributed by atoms with Crippen LogP contribution in [0.15, 0.2) is 24.3 Å². The van der Waals surface area contributed by atoms with Gasteiger partial charge in [-0.1, -0.05) is 51.5 Å². The third-order valence-corrected chi connectivity index (χ3v) is 4.86. The van der Waals surface area contributed by atoms with Crippen LogP contribution in [0.5, 0.6) is 0 Å². The largest absolute Gasteiger partial charge is 0.352 e. The lowest BCUT2D eigenvalue weighted by molar-refractivity contribution is -0.135. The molecule has 6 nitrogen and oxygen atoms in total. The monoisotopic (exact) mass is 359 g/mol. The van der Waals surface area contributed by atoms with Crippen LogP contribution in [0, 0.1) is 0 Å². The molecule has 1 fully saturated rings. The summed E-state index contributed by atoms with van der Waals surface area (Å²) in [4.78, 5) is 38.3. The fourth-order valence-electron chi connectivity index (χ4n) is 3.21. The summed E-state index contributed by atoms with van der Waals surface area (Å²) in [7, 11) is 0. The summed E-state index contributed by atoms with van der Waals surface area (Å²) >= 11 is 0. The van der Waals surface area contributed by atoms with Gasteiger partial charge in [-0.25, -0.2) is 4.79 Å². The average molecular weight is 359 g/mol. The van der Waals surface area contributed by atoms with Crippen LogP contribution in [-0.2, 0) is 15.1 Å². The zero-order valence-electron chi connectivity index (χ0n) is 16.3. The second-order valence-electron chi connectivity index (χ2n) is 7.48. The van der Waals surface area contributed by atoms with E-state index in [9.17, 15) is 14.4 Å². The van der Waals surface area contributed by atoms with Gasteiger partial charge in [-0.05, 0) is 37.3 Å². The second kappa shape index (κ2) is 7.89. The van der Waals surface area contributed by atoms with Gasteiger partial charge < -0.3 is 10.6 Å². The van der Waals surface area contributed by atoms with E-state index in [2.05, 4.69) is 24.5 Å². The summed E-state index contributed by atoms with van der Waals surface area (Å²) in [5, 5.41) is 5.56. The van der Waals surface area contributed by atoms with Crippen molar-refractivity contribution in [2.75, 3.05) is 6.54 Å². The lowest BCUT2D eigenvalue weighted by atomic mass is 9.90. The second-order valence-corrected chi connectivity index (χ2v) is 7.48. The highest BCUT2D eigenvalue weighted by Gasteiger charge is 2.49. The third-order valence-electron chi connectivity index (χ3n) is 4.86. The highest BCUT2D eigenvalue weighted by atomic mass is 16.2. The number of nitrogens with zero attached hydrogens (tertiary/aromatic N) is 1. The molecule has 0 aliphatic carbocycles. The maximum absolute atomic E-state index is 12.9. The van der Waals surface area contributed by atoms with E-state index in [-0.39, 0.29) is 18.5 Å². The van der Waals surface area contributed by atoms with Crippen molar-refractivity contribution >= 4 is 17.8 Å². The Kier molecular flexibility index (Phi) is 6.05. The Hall–Kier alpha value is -2.37. The number of carbonyl (C=O) groups excluding carboxylic acids is 3. The molecular weight excluding hydrogens is 330 g/mol. The van der Waals surface area contributed by atoms with E-state index in [4.69, 9.17) is 0 Å². The Labute approximate surface area is 155 Å². The number of nitrogens with one attached hydrogen (secondary N) is 2. The van der Waals surface area contributed by atoms with Crippen LogP contribution in [-0.4, -0.2) is 35.3 Å². The summed E-state index contributed by atoms with van der Waals surface area (Å²) in [6.45, 7) is 9.55. The van der Waals surface area contributed by atoms with Gasteiger partial charge in [0.2, 0.25) is 5.91 Å². The molecule has 4 amide bonds. The summed E-state index contributed by atoms with van der Waals surface area (Å²) < 4.78 is 0. The summed E-state index contributed by atoms with van der Waals surface area (Å²) in [6.07, 6.45) is 1.81. The number of hydrogen-bond acceptors (Lipinski definition) is 3. The molecule has 2 N–H and O–H groups in total. The maximum atomic E-state index is 12.9. The Morgan fingerprint density at radius 3 is 2.35 bits per heavy atom. The van der Waals surface area contributed by atoms with E-state index < -0.39 is 17.5 Å². The quantitative estimate of drug-likeness (QED) is 0.735. The first-order valence-electron chi connectivity index (χ1n) is 9.23. The van der Waals surface area contributed by atoms with E-state index in [0.29, 0.717) is 11.5 Å². The summed E-state index contributed by atoms with van der Waals surface area (Å²) in [6, 6.07) is 7.13. The van der Waals surface area contributed by atoms with Crippen LogP contribution in [0.3, 0.4) is 0 Å². The lowest BCUT2D eigenvalue weighted by Gasteiger charge is -2.23. The van der Waals surface area contributed by atoms with Crippen molar-refractivity contribution in [3.05, 3.63) is 35.4 Å². The van der Waals surface area contributed by atoms with Crippen LogP contribution in [0.1, 0.15) is 64.5 Å². The zero-order chi connectivity index (χ0) is 19.5. The van der Waals surface area contributed by atoms with Gasteiger partial charge in [0.05, 0.1) is 0 Å². The molecule has 1 aromatic rings. The van der Waals surface area contributed by atoms with E-state index in [0.717, 1.165) is 23.3 Å². The highest BCUT2D eigenvalue weighted by Crippen LogP contribution is 2.29. The van der Waals surface area contributed by atoms with E-state index in [1.165, 1.54) is 0 Å². The van der Waals surface area contributed by atoms with Crippen LogP contribution in [0.25, 0.3) is 0 Å². The molecule has 0 saturated carbocycles. The molecule has 26 heavy (non-hydrogen) atoms. The number of hydrogen-bond donors (Lipinski definition) is 2. The predicted octanol–water partition coefficient (Wildman–Crippen LogP) is 2.88. The van der Waals surface area contributed by atoms with Crippen LogP contribution in [0.2, 0.25) is 0 Å². The molecule has 2 rings (SSSR count). The van der Waals surface area contributed by atoms with Gasteiger partial charge in [0.25, 0.3) is 5.91 Å². The molecule has 0 bridgehead atoms. The van der Waals surface area contributed by atoms with Crippen molar-refractivity contribution in [2.24, 2.45) is 0 Å². The molecule has 2 atom stereocenters. The van der Waals surface area contributed by atoms with Crippen LogP contribution < -0.4 is 10.6 Å². The van der Waals surface area contributed by atoms with Gasteiger partial charge in [0.1, 0.15) is 12.1 Å². The molecule has 1 aliphatic rings. The molecular formula is C20H29N3O3. The standard InChI is InChI=1S/C20H29N3O3/c1-6-7-14(4)21-17(24)12-23-18(25)20(5,22-19(23)26)16-10-8-15(9-11-16)13(2)3/h8-11,13-14H,6-7,12H2,1-5H3,(H,21,24)(H,22,26)/t14-,20+/m0/s1. The molecule has 1 aliphatic heterocycles. The normalized spacial score (nSPS) is 21.1. The average Bonchev–Trinajstić information content (AvgIpc) is 2.79. The van der Waals surface area contributed by atoms with Crippen LogP contribution >= 0.6 is 0 Å². The minimum atomic E-state index is -1.15. The minimum Gasteiger partial charge on any atom is -0.352 e. The topological polar surface area (TPSA) is 78.5 Å². The van der Waals surface area contributed by atoms with Gasteiger partial charge in [-0.2, -0.15) is 0 Å². The van der Waals surface area contributed by atoms with Crippen molar-refractivity contribution in [1.29, 1.82) is 0 Å². The van der Waals surface area contributed by atoms with Crippen molar-refractivity contribution in [3.63, 3.8) is 0 Å². The molecule has 0 spiro atoms. The van der Waals surface area contributed by atoms with E-state index >= 15 is 0 Å². The van der Waals surface area contributed by atoms with E-state index in [1.54, 1.807) is 6.92 Å². The smallest absolute Gasteiger partial charge is 0.325 e. The molecule has 6 heteroatoms. The number of urea groups is 1. The molecule has 142 valence electrons. The molecule has 0 unspecified atom stereocenters.